The second-order valence-corrected chi connectivity index (χ2v) is 49.2. The third-order valence-electron chi connectivity index (χ3n) is 24.5. The van der Waals surface area contributed by atoms with Crippen LogP contribution in [0.15, 0.2) is 73.8 Å². The van der Waals surface area contributed by atoms with Gasteiger partial charge in [-0.1, -0.05) is 234 Å². The first-order chi connectivity index (χ1) is 66.0. The smallest absolute Gasteiger partial charge is 0.422 e. The number of rotatable bonds is 24. The molecule has 142 heavy (non-hydrogen) atoms. The van der Waals surface area contributed by atoms with Crippen LogP contribution in [-0.2, 0) is 115 Å². The van der Waals surface area contributed by atoms with E-state index in [2.05, 4.69) is 304 Å². The number of ether oxygens (including phenoxy) is 8. The topological polar surface area (TPSA) is 341 Å². The van der Waals surface area contributed by atoms with Crippen molar-refractivity contribution in [3.63, 3.8) is 0 Å². The van der Waals surface area contributed by atoms with Gasteiger partial charge in [-0.05, 0) is 114 Å². The SMILES string of the molecule is CC(C)(C)c1ccc(OCC(F)(F)F)[nH]1.CC(C)(C)c1ccc(OCC2CC2)[nH]1.CC(C)(C)c1cnc(C2CCCO2)[nH]1.CC(C)(C)c1cnc(CC2CC2)[nH]1.CC(C)(C)c1cnc(CC2CCC2)[nH]1.CC(C)(C)c1cnc(N2CCCC2)[nH]1.CC(C)(C)c1cnc(N2CCOCC2)[nH]1.CC(C)OCc1ncc(C(C)(C)C)[nH]1.CCCOCc1ncc(C(C)(C)C)[nH]1.COCCOCc1ncc(C(C)(C)C)[nH]1. The van der Waals surface area contributed by atoms with Crippen molar-refractivity contribution in [2.24, 2.45) is 17.8 Å². The first kappa shape index (κ1) is 120. The molecule has 1 unspecified atom stereocenters. The zero-order valence-corrected chi connectivity index (χ0v) is 93.7. The molecule has 0 radical (unpaired) electrons. The number of aromatic nitrogens is 18. The molecule has 10 aromatic heterocycles. The predicted octanol–water partition coefficient (Wildman–Crippen LogP) is 25.6. The van der Waals surface area contributed by atoms with Crippen molar-refractivity contribution >= 4 is 11.9 Å². The van der Waals surface area contributed by atoms with Gasteiger partial charge in [-0.2, -0.15) is 13.2 Å². The Kier molecular flexibility index (Phi) is 45.5. The van der Waals surface area contributed by atoms with E-state index in [1.54, 1.807) is 13.2 Å². The zero-order chi connectivity index (χ0) is 105. The van der Waals surface area contributed by atoms with Gasteiger partial charge in [0.05, 0.1) is 51.5 Å². The molecule has 6 fully saturated rings. The molecule has 800 valence electrons. The molecule has 3 saturated heterocycles. The number of halogens is 3. The highest BCUT2D eigenvalue weighted by molar-refractivity contribution is 5.35. The Morgan fingerprint density at radius 1 is 0.352 bits per heavy atom. The van der Waals surface area contributed by atoms with Gasteiger partial charge in [-0.25, -0.2) is 39.9 Å². The summed E-state index contributed by atoms with van der Waals surface area (Å²) in [6.45, 7) is 80.9. The lowest BCUT2D eigenvalue weighted by Gasteiger charge is -2.26. The number of nitrogens with zero attached hydrogens (tertiary/aromatic N) is 10. The van der Waals surface area contributed by atoms with E-state index in [9.17, 15) is 13.2 Å². The second kappa shape index (κ2) is 53.9. The van der Waals surface area contributed by atoms with E-state index in [1.807, 2.05) is 90.3 Å². The molecule has 10 aromatic rings. The summed E-state index contributed by atoms with van der Waals surface area (Å²) in [5.41, 5.74) is 12.9. The number of hydrogen-bond acceptors (Lipinski definition) is 18. The highest BCUT2D eigenvalue weighted by Gasteiger charge is 2.32. The zero-order valence-electron chi connectivity index (χ0n) is 93.7. The molecular weight excluding hydrogens is 1800 g/mol. The minimum absolute atomic E-state index is 0.109. The van der Waals surface area contributed by atoms with E-state index in [4.69, 9.17) is 33.2 Å². The quantitative estimate of drug-likeness (QED) is 0.0251. The lowest BCUT2D eigenvalue weighted by molar-refractivity contribution is -0.154. The molecule has 0 spiro atoms. The minimum atomic E-state index is -4.30. The normalized spacial score (nSPS) is 16.1. The number of anilines is 2. The number of morpholine rings is 1. The van der Waals surface area contributed by atoms with Crippen molar-refractivity contribution in [2.75, 3.05) is 95.9 Å². The summed E-state index contributed by atoms with van der Waals surface area (Å²) >= 11 is 0. The van der Waals surface area contributed by atoms with Crippen molar-refractivity contribution in [1.82, 2.24) is 89.7 Å². The van der Waals surface area contributed by atoms with Crippen LogP contribution in [0.25, 0.3) is 0 Å². The van der Waals surface area contributed by atoms with Gasteiger partial charge in [0.25, 0.3) is 0 Å². The summed E-state index contributed by atoms with van der Waals surface area (Å²) in [4.78, 5) is 72.4. The summed E-state index contributed by atoms with van der Waals surface area (Å²) in [6.07, 6.45) is 29.5. The molecule has 31 heteroatoms. The molecule has 0 bridgehead atoms. The van der Waals surface area contributed by atoms with Crippen LogP contribution in [-0.4, -0.2) is 188 Å². The van der Waals surface area contributed by atoms with E-state index in [-0.39, 0.29) is 72.2 Å². The van der Waals surface area contributed by atoms with E-state index in [0.717, 1.165) is 173 Å². The van der Waals surface area contributed by atoms with Gasteiger partial charge < -0.3 is 97.5 Å². The van der Waals surface area contributed by atoms with Crippen LogP contribution in [0.4, 0.5) is 25.1 Å². The van der Waals surface area contributed by atoms with Crippen LogP contribution < -0.4 is 19.3 Å². The van der Waals surface area contributed by atoms with E-state index in [1.165, 1.54) is 110 Å². The fourth-order valence-electron chi connectivity index (χ4n) is 14.1. The monoisotopic (exact) mass is 1990 g/mol. The Morgan fingerprint density at radius 2 is 0.704 bits per heavy atom. The molecule has 3 aliphatic heterocycles. The Hall–Kier alpha value is -9.01. The van der Waals surface area contributed by atoms with Crippen molar-refractivity contribution in [1.29, 1.82) is 0 Å². The highest BCUT2D eigenvalue weighted by Crippen LogP contribution is 2.37. The number of imidazole rings is 8. The Bertz CT molecular complexity index is 4980. The number of hydrogen-bond donors (Lipinski definition) is 10. The predicted molar refractivity (Wildman–Crippen MR) is 568 cm³/mol. The minimum Gasteiger partial charge on any atom is -0.479 e. The molecule has 6 aliphatic rings. The van der Waals surface area contributed by atoms with Crippen molar-refractivity contribution < 1.29 is 51.1 Å². The summed E-state index contributed by atoms with van der Waals surface area (Å²) in [5.74, 6) is 11.8. The molecule has 3 saturated carbocycles. The summed E-state index contributed by atoms with van der Waals surface area (Å²) < 4.78 is 77.7. The van der Waals surface area contributed by atoms with Gasteiger partial charge in [-0.15, -0.1) is 0 Å². The maximum atomic E-state index is 11.8. The Morgan fingerprint density at radius 3 is 1.04 bits per heavy atom. The van der Waals surface area contributed by atoms with Gasteiger partial charge in [-0.3, -0.25) is 0 Å². The van der Waals surface area contributed by atoms with Gasteiger partial charge in [0.1, 0.15) is 60.9 Å². The fraction of sp³-hybridized carbons (Fsp3) is 0.712. The molecule has 1 atom stereocenters. The van der Waals surface area contributed by atoms with Crippen LogP contribution in [0.2, 0.25) is 0 Å². The second-order valence-electron chi connectivity index (χ2n) is 49.2. The van der Waals surface area contributed by atoms with Gasteiger partial charge in [0, 0.05) is 208 Å². The standard InChI is InChI=1S/C12H20N2.C12H19NO.C11H19N3O.C11H19N3.C11H20N2O2.C11H18N2O.2C11H20N2O.C11H18N2.C10H14F3NO/c1-12(2,3)10-8-13-11(14-10)7-9-5-4-6-9;1-12(2,3)10-6-7-11(13-10)14-8-9-4-5-9;1-11(2,3)9-8-12-10(13-9)14-4-6-15-7-5-14;1-11(2,3)9-8-12-10(13-9)14-6-4-5-7-14;1-11(2,3)9-7-12-10(13-9)8-15-6-5-14-4;1-11(2,3)9-7-12-10(13-9)8-5-4-6-14-8;1-8(2)14-7-10-12-6-9(13-10)11(3,4)5;1-5-6-14-8-10-12-7-9(13-10)11(2,3)4;1-11(2,3)9-7-12-10(13-9)6-8-4-5-8;1-9(2,3)7-4-5-8(14-7)15-6-10(11,12)13/h8-9H,4-7H2,1-3H3,(H,13,14);6-7,9,13H,4-5,8H2,1-3H3;8H,4-7H2,1-3H3,(H,12,13);8H,4-7H2,1-3H3,(H,12,13);7H,5-6,8H2,1-4H3,(H,12,13);7-8H,4-6H2,1-3H3,(H,12,13);6,8H,7H2,1-5H3,(H,12,13);7H,5-6,8H2,1-4H3,(H,12,13);7-8H,4-6H2,1-3H3,(H,12,13);4-5,14H,6H2,1-3H3. The van der Waals surface area contributed by atoms with E-state index >= 15 is 0 Å². The number of nitrogens with one attached hydrogen (secondary N) is 10. The molecule has 28 nitrogen and oxygen atoms in total. The van der Waals surface area contributed by atoms with E-state index in [0.29, 0.717) is 33.0 Å². The molecule has 0 amide bonds. The number of methoxy groups -OCH3 is 1. The van der Waals surface area contributed by atoms with Crippen LogP contribution in [0.5, 0.6) is 11.8 Å². The van der Waals surface area contributed by atoms with Gasteiger partial charge >= 0.3 is 6.18 Å². The van der Waals surface area contributed by atoms with Gasteiger partial charge in [0.15, 0.2) is 18.4 Å². The summed E-state index contributed by atoms with van der Waals surface area (Å²) in [6, 6.07) is 7.38. The largest absolute Gasteiger partial charge is 0.479 e. The first-order valence-corrected chi connectivity index (χ1v) is 52.1. The lowest BCUT2D eigenvalue weighted by atomic mass is 9.83. The number of H-pyrrole nitrogens is 10. The molecule has 3 aliphatic carbocycles. The molecule has 13 heterocycles. The number of aromatic amines is 10. The van der Waals surface area contributed by atoms with Crippen LogP contribution in [0.3, 0.4) is 0 Å². The summed E-state index contributed by atoms with van der Waals surface area (Å²) in [5, 5.41) is 0. The fourth-order valence-corrected chi connectivity index (χ4v) is 14.1. The third kappa shape index (κ3) is 44.9. The molecular formula is C111H187F3N20O8. The van der Waals surface area contributed by atoms with Crippen molar-refractivity contribution in [3.05, 3.63) is 166 Å². The van der Waals surface area contributed by atoms with Crippen LogP contribution in [0, 0.1) is 17.8 Å². The maximum Gasteiger partial charge on any atom is 0.422 e. The molecule has 0 aromatic carbocycles. The molecule has 10 N–H and O–H groups in total. The lowest BCUT2D eigenvalue weighted by Crippen LogP contribution is -2.36. The Labute approximate surface area is 850 Å². The maximum absolute atomic E-state index is 11.8. The Balaban J connectivity index is 0.000000214. The van der Waals surface area contributed by atoms with E-state index < -0.39 is 12.8 Å². The van der Waals surface area contributed by atoms with Crippen LogP contribution >= 0.6 is 0 Å². The van der Waals surface area contributed by atoms with Crippen molar-refractivity contribution in [3.8, 4) is 11.8 Å². The third-order valence-corrected chi connectivity index (χ3v) is 24.5. The average Bonchev–Trinajstić information content (AvgIpc) is 1.66. The summed E-state index contributed by atoms with van der Waals surface area (Å²) in [7, 11) is 1.66. The van der Waals surface area contributed by atoms with Gasteiger partial charge in [0.2, 0.25) is 11.9 Å². The highest BCUT2D eigenvalue weighted by atomic mass is 19.4. The average molecular weight is 1990 g/mol. The number of alkyl halides is 3. The van der Waals surface area contributed by atoms with Crippen LogP contribution in [0.1, 0.15) is 404 Å². The first-order valence-electron chi connectivity index (χ1n) is 52.1. The molecule has 16 rings (SSSR count). The van der Waals surface area contributed by atoms with Crippen molar-refractivity contribution in [2.45, 2.75) is 411 Å².